The van der Waals surface area contributed by atoms with Crippen LogP contribution in [-0.2, 0) is 46.4 Å². The van der Waals surface area contributed by atoms with E-state index >= 15 is 0 Å². The van der Waals surface area contributed by atoms with E-state index in [1.165, 1.54) is 4.90 Å². The van der Waals surface area contributed by atoms with Gasteiger partial charge in [0.2, 0.25) is 29.4 Å². The minimum atomic E-state index is -0.706. The molecule has 1 atom stereocenters. The second kappa shape index (κ2) is 25.0. The van der Waals surface area contributed by atoms with Crippen molar-refractivity contribution in [2.45, 2.75) is 51.1 Å². The fraction of sp³-hybridized carbons (Fsp3) is 0.426. The highest BCUT2D eigenvalue weighted by atomic mass is 16.5. The molecule has 0 bridgehead atoms. The van der Waals surface area contributed by atoms with Crippen LogP contribution in [0.4, 0.5) is 11.8 Å². The van der Waals surface area contributed by atoms with Crippen LogP contribution in [0.15, 0.2) is 60.8 Å². The number of ether oxygens (including phenoxy) is 7. The third-order valence-corrected chi connectivity index (χ3v) is 10.8. The van der Waals surface area contributed by atoms with Crippen LogP contribution >= 0.6 is 0 Å². The first-order chi connectivity index (χ1) is 32.5. The Labute approximate surface area is 388 Å². The van der Waals surface area contributed by atoms with Crippen molar-refractivity contribution < 1.29 is 57.1 Å². The maximum Gasteiger partial charge on any atom is 0.258 e. The summed E-state index contributed by atoms with van der Waals surface area (Å²) in [6.45, 7) is 3.12. The van der Waals surface area contributed by atoms with Crippen molar-refractivity contribution in [3.63, 3.8) is 0 Å². The molecule has 2 aliphatic heterocycles. The summed E-state index contributed by atoms with van der Waals surface area (Å²) in [5.74, 6) is 0.873. The lowest BCUT2D eigenvalue weighted by Gasteiger charge is -2.29. The third kappa shape index (κ3) is 14.2. The standard InChI is InChI=1S/C47H58N8O12/c1-61-37-24-30(23-33-27-52-47(49)54-44(33)48)25-38(62-2)43(37)66-16-4-3-11-39(56)50-14-17-63-19-21-65-22-20-64-18-15-51-41(58)29-67-34-9-5-7-31(26-34)35-10-6-8-32-28-55(46(60)42(32)35)36-12-13-40(57)53-45(36)59/h5-10,24-27,36H,3-4,11-23,28-29H2,1-2H3,(H,50,56)(H,51,58)(H,53,57,59)(H4,48,49,52,54). The number of benzene rings is 3. The summed E-state index contributed by atoms with van der Waals surface area (Å²) in [4.78, 5) is 72.0. The predicted molar refractivity (Wildman–Crippen MR) is 244 cm³/mol. The largest absolute Gasteiger partial charge is 0.493 e. The van der Waals surface area contributed by atoms with Crippen molar-refractivity contribution in [2.75, 3.05) is 91.6 Å². The van der Waals surface area contributed by atoms with Gasteiger partial charge in [-0.15, -0.1) is 0 Å². The number of fused-ring (bicyclic) bond motifs is 1. The first-order valence-corrected chi connectivity index (χ1v) is 22.1. The van der Waals surface area contributed by atoms with Crippen molar-refractivity contribution in [2.24, 2.45) is 0 Å². The summed E-state index contributed by atoms with van der Waals surface area (Å²) < 4.78 is 39.5. The minimum absolute atomic E-state index is 0.0778. The van der Waals surface area contributed by atoms with Gasteiger partial charge >= 0.3 is 0 Å². The molecule has 1 aromatic heterocycles. The van der Waals surface area contributed by atoms with E-state index in [4.69, 9.17) is 44.6 Å². The number of hydrogen-bond acceptors (Lipinski definition) is 16. The van der Waals surface area contributed by atoms with Crippen LogP contribution in [0.25, 0.3) is 11.1 Å². The van der Waals surface area contributed by atoms with Crippen molar-refractivity contribution in [1.82, 2.24) is 30.8 Å². The van der Waals surface area contributed by atoms with Crippen LogP contribution < -0.4 is 46.4 Å². The second-order valence-corrected chi connectivity index (χ2v) is 15.5. The number of methoxy groups -OCH3 is 2. The molecule has 4 aromatic rings. The van der Waals surface area contributed by atoms with Gasteiger partial charge < -0.3 is 60.2 Å². The SMILES string of the molecule is COc1cc(Cc2cnc(N)nc2N)cc(OC)c1OCCCCC(=O)NCCOCCOCCOCCNC(=O)COc1cccc(-c2cccc3c2C(=O)N(C2CCC(=O)NC2=O)C3)c1. The first kappa shape index (κ1) is 49.4. The molecule has 0 saturated carbocycles. The number of hydrogen-bond donors (Lipinski definition) is 5. The zero-order valence-electron chi connectivity index (χ0n) is 37.8. The lowest BCUT2D eigenvalue weighted by molar-refractivity contribution is -0.137. The molecule has 358 valence electrons. The van der Waals surface area contributed by atoms with Gasteiger partial charge in [0.05, 0.1) is 66.0 Å². The highest BCUT2D eigenvalue weighted by molar-refractivity contribution is 6.08. The molecule has 3 aromatic carbocycles. The number of nitrogen functional groups attached to an aromatic ring is 2. The molecule has 0 aliphatic carbocycles. The summed E-state index contributed by atoms with van der Waals surface area (Å²) in [7, 11) is 3.10. The molecule has 1 fully saturated rings. The van der Waals surface area contributed by atoms with E-state index < -0.39 is 11.9 Å². The molecule has 0 spiro atoms. The van der Waals surface area contributed by atoms with E-state index in [1.54, 1.807) is 38.6 Å². The Kier molecular flexibility index (Phi) is 18.5. The number of carbonyl (C=O) groups is 5. The molecule has 1 saturated heterocycles. The van der Waals surface area contributed by atoms with Crippen molar-refractivity contribution in [3.05, 3.63) is 83.0 Å². The number of aromatic nitrogens is 2. The van der Waals surface area contributed by atoms with Gasteiger partial charge in [-0.2, -0.15) is 4.98 Å². The van der Waals surface area contributed by atoms with Crippen LogP contribution in [0, 0.1) is 0 Å². The number of nitrogens with one attached hydrogen (secondary N) is 3. The van der Waals surface area contributed by atoms with E-state index in [0.29, 0.717) is 117 Å². The minimum Gasteiger partial charge on any atom is -0.493 e. The van der Waals surface area contributed by atoms with Gasteiger partial charge in [0.15, 0.2) is 18.1 Å². The molecule has 6 rings (SSSR count). The highest BCUT2D eigenvalue weighted by Crippen LogP contribution is 2.40. The van der Waals surface area contributed by atoms with Crippen LogP contribution in [0.3, 0.4) is 0 Å². The summed E-state index contributed by atoms with van der Waals surface area (Å²) in [6, 6.07) is 15.6. The zero-order chi connectivity index (χ0) is 47.5. The summed E-state index contributed by atoms with van der Waals surface area (Å²) in [5.41, 5.74) is 15.9. The Hall–Kier alpha value is -7.03. The number of nitrogens with two attached hydrogens (primary N) is 2. The molecule has 67 heavy (non-hydrogen) atoms. The van der Waals surface area contributed by atoms with Crippen LogP contribution in [-0.4, -0.2) is 131 Å². The van der Waals surface area contributed by atoms with E-state index in [9.17, 15) is 24.0 Å². The fourth-order valence-electron chi connectivity index (χ4n) is 7.49. The number of anilines is 2. The molecule has 0 radical (unpaired) electrons. The van der Waals surface area contributed by atoms with Gasteiger partial charge in [0, 0.05) is 50.7 Å². The van der Waals surface area contributed by atoms with Gasteiger partial charge in [-0.1, -0.05) is 30.3 Å². The van der Waals surface area contributed by atoms with E-state index in [1.807, 2.05) is 36.4 Å². The predicted octanol–water partition coefficient (Wildman–Crippen LogP) is 2.59. The zero-order valence-corrected chi connectivity index (χ0v) is 37.8. The van der Waals surface area contributed by atoms with Gasteiger partial charge in [0.25, 0.3) is 11.8 Å². The quantitative estimate of drug-likeness (QED) is 0.0425. The molecule has 1 unspecified atom stereocenters. The average Bonchev–Trinajstić information content (AvgIpc) is 3.66. The van der Waals surface area contributed by atoms with Crippen LogP contribution in [0.5, 0.6) is 23.0 Å². The maximum atomic E-state index is 13.5. The van der Waals surface area contributed by atoms with Crippen LogP contribution in [0.2, 0.25) is 0 Å². The normalized spacial score (nSPS) is 14.3. The third-order valence-electron chi connectivity index (χ3n) is 10.8. The summed E-state index contributed by atoms with van der Waals surface area (Å²) in [6.07, 6.45) is 4.11. The van der Waals surface area contributed by atoms with Gasteiger partial charge in [-0.05, 0) is 65.8 Å². The maximum absolute atomic E-state index is 13.5. The Morgan fingerprint density at radius 1 is 0.821 bits per heavy atom. The lowest BCUT2D eigenvalue weighted by atomic mass is 9.96. The smallest absolute Gasteiger partial charge is 0.258 e. The summed E-state index contributed by atoms with van der Waals surface area (Å²) in [5, 5.41) is 7.93. The van der Waals surface area contributed by atoms with E-state index in [0.717, 1.165) is 16.7 Å². The number of imide groups is 1. The van der Waals surface area contributed by atoms with Gasteiger partial charge in [-0.3, -0.25) is 29.3 Å². The Balaban J connectivity index is 0.756. The van der Waals surface area contributed by atoms with Crippen molar-refractivity contribution in [3.8, 4) is 34.1 Å². The number of amides is 5. The number of carbonyl (C=O) groups excluding carboxylic acids is 5. The Bertz CT molecular complexity index is 2340. The fourth-order valence-corrected chi connectivity index (χ4v) is 7.49. The molecule has 20 nitrogen and oxygen atoms in total. The second-order valence-electron chi connectivity index (χ2n) is 15.5. The number of nitrogens with zero attached hydrogens (tertiary/aromatic N) is 3. The number of piperidine rings is 1. The topological polar surface area (TPSA) is 267 Å². The first-order valence-electron chi connectivity index (χ1n) is 22.1. The molecule has 2 aliphatic rings. The average molecular weight is 927 g/mol. The molecule has 3 heterocycles. The lowest BCUT2D eigenvalue weighted by Crippen LogP contribution is -2.52. The molecule has 5 amide bonds. The number of unbranched alkanes of at least 4 members (excludes halogenated alkanes) is 1. The summed E-state index contributed by atoms with van der Waals surface area (Å²) >= 11 is 0. The van der Waals surface area contributed by atoms with Gasteiger partial charge in [0.1, 0.15) is 17.6 Å². The monoisotopic (exact) mass is 926 g/mol. The molecular weight excluding hydrogens is 869 g/mol. The molecule has 7 N–H and O–H groups in total. The Morgan fingerprint density at radius 2 is 1.51 bits per heavy atom. The van der Waals surface area contributed by atoms with Gasteiger partial charge in [-0.25, -0.2) is 4.98 Å². The molecule has 20 heteroatoms. The molecular formula is C47H58N8O12. The van der Waals surface area contributed by atoms with Crippen LogP contribution in [0.1, 0.15) is 59.2 Å². The number of rotatable bonds is 27. The Morgan fingerprint density at radius 3 is 2.19 bits per heavy atom. The van der Waals surface area contributed by atoms with E-state index in [-0.39, 0.29) is 68.7 Å². The van der Waals surface area contributed by atoms with Crippen molar-refractivity contribution >= 4 is 41.3 Å². The highest BCUT2D eigenvalue weighted by Gasteiger charge is 2.40. The van der Waals surface area contributed by atoms with Crippen molar-refractivity contribution in [1.29, 1.82) is 0 Å². The van der Waals surface area contributed by atoms with E-state index in [2.05, 4.69) is 25.9 Å².